The summed E-state index contributed by atoms with van der Waals surface area (Å²) in [7, 11) is -3.53. The molecule has 1 N–H and O–H groups in total. The summed E-state index contributed by atoms with van der Waals surface area (Å²) >= 11 is 0. The fourth-order valence-corrected chi connectivity index (χ4v) is 5.43. The number of rotatable bonds is 6. The number of anilines is 1. The second-order valence-corrected chi connectivity index (χ2v) is 9.73. The lowest BCUT2D eigenvalue weighted by Crippen LogP contribution is -2.33. The molecule has 1 saturated heterocycles. The second kappa shape index (κ2) is 6.94. The molecule has 2 aliphatic rings. The van der Waals surface area contributed by atoms with Crippen LogP contribution in [-0.2, 0) is 20.2 Å². The van der Waals surface area contributed by atoms with E-state index in [1.54, 1.807) is 22.5 Å². The lowest BCUT2D eigenvalue weighted by Gasteiger charge is -2.23. The lowest BCUT2D eigenvalue weighted by molar-refractivity contribution is -0.119. The van der Waals surface area contributed by atoms with Crippen LogP contribution in [0, 0.1) is 5.92 Å². The average Bonchev–Trinajstić information content (AvgIpc) is 3.16. The van der Waals surface area contributed by atoms with Crippen LogP contribution in [0.4, 0.5) is 5.69 Å². The van der Waals surface area contributed by atoms with Gasteiger partial charge in [0.1, 0.15) is 0 Å². The van der Waals surface area contributed by atoms with Gasteiger partial charge in [-0.3, -0.25) is 4.79 Å². The van der Waals surface area contributed by atoms with Crippen molar-refractivity contribution in [2.24, 2.45) is 5.92 Å². The Morgan fingerprint density at radius 2 is 1.96 bits per heavy atom. The van der Waals surface area contributed by atoms with E-state index < -0.39 is 15.4 Å². The zero-order valence-corrected chi connectivity index (χ0v) is 16.9. The van der Waals surface area contributed by atoms with E-state index in [0.29, 0.717) is 24.7 Å². The van der Waals surface area contributed by atoms with Gasteiger partial charge in [-0.15, -0.1) is 0 Å². The number of amides is 1. The minimum Gasteiger partial charge on any atom is -0.325 e. The normalized spacial score (nSPS) is 22.7. The van der Waals surface area contributed by atoms with Crippen molar-refractivity contribution in [2.75, 3.05) is 38.0 Å². The third-order valence-corrected chi connectivity index (χ3v) is 7.64. The average molecular weight is 380 g/mol. The highest BCUT2D eigenvalue weighted by Crippen LogP contribution is 2.39. The molecule has 0 bridgehead atoms. The summed E-state index contributed by atoms with van der Waals surface area (Å²) in [5.74, 6) is 0.279. The standard InChI is InChI=1S/C19H29N3O3S/c1-5-21(6-2)12-14-9-10-22(13-14)26(24,25)15-7-8-17-16(11-15)19(3,4)18(23)20-17/h7-8,11,14H,5-6,9-10,12-13H2,1-4H3,(H,20,23)/t14-/m1/s1. The van der Waals surface area contributed by atoms with E-state index >= 15 is 0 Å². The van der Waals surface area contributed by atoms with Gasteiger partial charge in [0.25, 0.3) is 0 Å². The molecule has 0 unspecified atom stereocenters. The van der Waals surface area contributed by atoms with Crippen LogP contribution in [-0.4, -0.2) is 56.3 Å². The first-order chi connectivity index (χ1) is 12.2. The summed E-state index contributed by atoms with van der Waals surface area (Å²) < 4.78 is 27.8. The van der Waals surface area contributed by atoms with Crippen molar-refractivity contribution in [3.63, 3.8) is 0 Å². The molecule has 3 rings (SSSR count). The number of carbonyl (C=O) groups is 1. The molecule has 1 aromatic rings. The Hall–Kier alpha value is -1.44. The largest absolute Gasteiger partial charge is 0.325 e. The zero-order chi connectivity index (χ0) is 19.1. The number of fused-ring (bicyclic) bond motifs is 1. The van der Waals surface area contributed by atoms with Gasteiger partial charge in [0, 0.05) is 25.3 Å². The molecular formula is C19H29N3O3S. The smallest absolute Gasteiger partial charge is 0.243 e. The highest BCUT2D eigenvalue weighted by atomic mass is 32.2. The Balaban J connectivity index is 1.80. The molecule has 1 amide bonds. The van der Waals surface area contributed by atoms with E-state index in [2.05, 4.69) is 24.1 Å². The Morgan fingerprint density at radius 1 is 1.27 bits per heavy atom. The van der Waals surface area contributed by atoms with Crippen molar-refractivity contribution in [3.05, 3.63) is 23.8 Å². The number of sulfonamides is 1. The number of nitrogens with one attached hydrogen (secondary N) is 1. The van der Waals surface area contributed by atoms with Crippen LogP contribution in [0.1, 0.15) is 39.7 Å². The molecule has 2 heterocycles. The van der Waals surface area contributed by atoms with Crippen molar-refractivity contribution in [2.45, 2.75) is 44.4 Å². The third kappa shape index (κ3) is 3.28. The lowest BCUT2D eigenvalue weighted by atomic mass is 9.86. The molecule has 0 radical (unpaired) electrons. The van der Waals surface area contributed by atoms with Gasteiger partial charge in [-0.05, 0) is 63.0 Å². The Kier molecular flexibility index (Phi) is 5.16. The van der Waals surface area contributed by atoms with Gasteiger partial charge >= 0.3 is 0 Å². The molecule has 0 aliphatic carbocycles. The summed E-state index contributed by atoms with van der Waals surface area (Å²) in [4.78, 5) is 14.7. The van der Waals surface area contributed by atoms with E-state index in [9.17, 15) is 13.2 Å². The quantitative estimate of drug-likeness (QED) is 0.823. The van der Waals surface area contributed by atoms with Crippen LogP contribution in [0.15, 0.2) is 23.1 Å². The van der Waals surface area contributed by atoms with Crippen LogP contribution in [0.3, 0.4) is 0 Å². The van der Waals surface area contributed by atoms with Gasteiger partial charge in [-0.1, -0.05) is 13.8 Å². The van der Waals surface area contributed by atoms with Gasteiger partial charge in [0.2, 0.25) is 15.9 Å². The van der Waals surface area contributed by atoms with Crippen LogP contribution in [0.25, 0.3) is 0 Å². The summed E-state index contributed by atoms with van der Waals surface area (Å²) in [6.45, 7) is 11.9. The number of hydrogen-bond acceptors (Lipinski definition) is 4. The van der Waals surface area contributed by atoms with Crippen molar-refractivity contribution >= 4 is 21.6 Å². The monoisotopic (exact) mass is 379 g/mol. The van der Waals surface area contributed by atoms with E-state index in [1.165, 1.54) is 0 Å². The fraction of sp³-hybridized carbons (Fsp3) is 0.632. The summed E-state index contributed by atoms with van der Waals surface area (Å²) in [6.07, 6.45) is 0.895. The van der Waals surface area contributed by atoms with E-state index in [0.717, 1.165) is 31.6 Å². The SMILES string of the molecule is CCN(CC)C[C@H]1CCN(S(=O)(=O)c2ccc3c(c2)C(C)(C)C(=O)N3)C1. The van der Waals surface area contributed by atoms with Crippen molar-refractivity contribution < 1.29 is 13.2 Å². The highest BCUT2D eigenvalue weighted by molar-refractivity contribution is 7.89. The second-order valence-electron chi connectivity index (χ2n) is 7.79. The minimum absolute atomic E-state index is 0.0949. The van der Waals surface area contributed by atoms with E-state index in [4.69, 9.17) is 0 Å². The molecule has 6 nitrogen and oxygen atoms in total. The van der Waals surface area contributed by atoms with E-state index in [1.807, 2.05) is 13.8 Å². The Morgan fingerprint density at radius 3 is 2.62 bits per heavy atom. The summed E-state index contributed by atoms with van der Waals surface area (Å²) in [5.41, 5.74) is 0.749. The molecule has 2 aliphatic heterocycles. The maximum Gasteiger partial charge on any atom is 0.243 e. The van der Waals surface area contributed by atoms with Crippen molar-refractivity contribution in [1.29, 1.82) is 0 Å². The fourth-order valence-electron chi connectivity index (χ4n) is 3.87. The molecule has 0 aromatic heterocycles. The van der Waals surface area contributed by atoms with Crippen LogP contribution in [0.5, 0.6) is 0 Å². The Labute approximate surface area is 156 Å². The predicted octanol–water partition coefficient (Wildman–Crippen LogP) is 2.27. The van der Waals surface area contributed by atoms with Crippen LogP contribution < -0.4 is 5.32 Å². The molecule has 0 saturated carbocycles. The molecule has 26 heavy (non-hydrogen) atoms. The van der Waals surface area contributed by atoms with Gasteiger partial charge in [0.05, 0.1) is 10.3 Å². The first-order valence-corrected chi connectivity index (χ1v) is 10.8. The summed E-state index contributed by atoms with van der Waals surface area (Å²) in [5, 5.41) is 2.82. The minimum atomic E-state index is -3.53. The van der Waals surface area contributed by atoms with Crippen LogP contribution in [0.2, 0.25) is 0 Å². The first kappa shape index (κ1) is 19.3. The van der Waals surface area contributed by atoms with Crippen molar-refractivity contribution in [1.82, 2.24) is 9.21 Å². The van der Waals surface area contributed by atoms with Gasteiger partial charge < -0.3 is 10.2 Å². The molecular weight excluding hydrogens is 350 g/mol. The molecule has 7 heteroatoms. The van der Waals surface area contributed by atoms with Crippen molar-refractivity contribution in [3.8, 4) is 0 Å². The zero-order valence-electron chi connectivity index (χ0n) is 16.1. The van der Waals surface area contributed by atoms with E-state index in [-0.39, 0.29) is 10.8 Å². The first-order valence-electron chi connectivity index (χ1n) is 9.38. The molecule has 1 aromatic carbocycles. The number of hydrogen-bond donors (Lipinski definition) is 1. The van der Waals surface area contributed by atoms with Gasteiger partial charge in [-0.25, -0.2) is 8.42 Å². The van der Waals surface area contributed by atoms with Gasteiger partial charge in [0.15, 0.2) is 0 Å². The third-order valence-electron chi connectivity index (χ3n) is 5.78. The topological polar surface area (TPSA) is 69.7 Å². The predicted molar refractivity (Wildman–Crippen MR) is 103 cm³/mol. The van der Waals surface area contributed by atoms with Gasteiger partial charge in [-0.2, -0.15) is 4.31 Å². The molecule has 0 spiro atoms. The number of benzene rings is 1. The summed E-state index contributed by atoms with van der Waals surface area (Å²) in [6, 6.07) is 4.98. The molecule has 1 atom stereocenters. The number of nitrogens with zero attached hydrogens (tertiary/aromatic N) is 2. The maximum absolute atomic E-state index is 13.1. The molecule has 144 valence electrons. The number of carbonyl (C=O) groups excluding carboxylic acids is 1. The highest BCUT2D eigenvalue weighted by Gasteiger charge is 2.40. The molecule has 1 fully saturated rings. The Bertz CT molecular complexity index is 800. The van der Waals surface area contributed by atoms with Crippen LogP contribution >= 0.6 is 0 Å². The maximum atomic E-state index is 13.1.